The van der Waals surface area contributed by atoms with Crippen molar-refractivity contribution >= 4 is 11.4 Å². The Hall–Kier alpha value is -2.76. The van der Waals surface area contributed by atoms with Crippen LogP contribution in [0.2, 0.25) is 0 Å². The van der Waals surface area contributed by atoms with Crippen molar-refractivity contribution in [2.45, 2.75) is 31.2 Å². The molecule has 0 radical (unpaired) electrons. The molecule has 2 aliphatic heterocycles. The maximum atomic E-state index is 11.3. The summed E-state index contributed by atoms with van der Waals surface area (Å²) in [6.07, 6.45) is 3.74. The van der Waals surface area contributed by atoms with Gasteiger partial charge >= 0.3 is 0 Å². The Morgan fingerprint density at radius 3 is 2.78 bits per heavy atom. The maximum absolute atomic E-state index is 11.3. The molecule has 6 heteroatoms. The van der Waals surface area contributed by atoms with Gasteiger partial charge in [0.2, 0.25) is 6.79 Å². The summed E-state index contributed by atoms with van der Waals surface area (Å²) in [6.45, 7) is 0.278. The average molecular weight is 364 g/mol. The standard InChI is InChI=1S/C21H20N2O4/c24-23(25)14-4-5-16-15(9-14)19-11-1-2-12(7-11)20(19)21(22-16)13-3-6-17-18(8-13)27-10-26-17/h3-6,8-9,11-12,19-22H,1-2,7,10H2/t11-,12-,19-,20+,21-/m0/s1. The molecule has 4 aliphatic rings. The highest BCUT2D eigenvalue weighted by atomic mass is 16.7. The van der Waals surface area contributed by atoms with Crippen LogP contribution in [0.5, 0.6) is 11.5 Å². The second-order valence-corrected chi connectivity index (χ2v) is 8.20. The first-order valence-electron chi connectivity index (χ1n) is 9.63. The van der Waals surface area contributed by atoms with Crippen LogP contribution in [0.3, 0.4) is 0 Å². The molecule has 6 nitrogen and oxygen atoms in total. The van der Waals surface area contributed by atoms with Crippen molar-refractivity contribution in [2.24, 2.45) is 17.8 Å². The van der Waals surface area contributed by atoms with Crippen LogP contribution in [-0.4, -0.2) is 11.7 Å². The molecule has 0 spiro atoms. The fourth-order valence-corrected chi connectivity index (χ4v) is 6.02. The third-order valence-electron chi connectivity index (χ3n) is 7.04. The van der Waals surface area contributed by atoms with Gasteiger partial charge in [0.25, 0.3) is 5.69 Å². The fraction of sp³-hybridized carbons (Fsp3) is 0.429. The number of non-ortho nitro benzene ring substituents is 1. The number of hydrogen-bond acceptors (Lipinski definition) is 5. The first-order valence-corrected chi connectivity index (χ1v) is 9.63. The molecular weight excluding hydrogens is 344 g/mol. The predicted octanol–water partition coefficient (Wildman–Crippen LogP) is 4.62. The van der Waals surface area contributed by atoms with Gasteiger partial charge in [0, 0.05) is 17.8 Å². The largest absolute Gasteiger partial charge is 0.454 e. The van der Waals surface area contributed by atoms with Crippen molar-refractivity contribution in [1.29, 1.82) is 0 Å². The molecule has 2 aromatic rings. The molecule has 1 N–H and O–H groups in total. The number of nitrogens with one attached hydrogen (secondary N) is 1. The number of benzene rings is 2. The number of anilines is 1. The summed E-state index contributed by atoms with van der Waals surface area (Å²) in [7, 11) is 0. The van der Waals surface area contributed by atoms with E-state index < -0.39 is 0 Å². The molecular formula is C21H20N2O4. The minimum absolute atomic E-state index is 0.193. The number of fused-ring (bicyclic) bond motifs is 8. The van der Waals surface area contributed by atoms with Gasteiger partial charge in [-0.3, -0.25) is 10.1 Å². The van der Waals surface area contributed by atoms with E-state index in [1.165, 1.54) is 24.8 Å². The number of hydrogen-bond donors (Lipinski definition) is 1. The SMILES string of the molecule is O=[N+]([O-])c1ccc2c(c1)[C@@H]1[C@H]3CC[C@@H](C3)[C@H]1[C@H](c1ccc3c(c1)OCO3)N2. The van der Waals surface area contributed by atoms with Gasteiger partial charge in [-0.1, -0.05) is 6.07 Å². The zero-order chi connectivity index (χ0) is 18.1. The number of rotatable bonds is 2. The van der Waals surface area contributed by atoms with Crippen LogP contribution in [0.15, 0.2) is 36.4 Å². The molecule has 5 atom stereocenters. The van der Waals surface area contributed by atoms with Crippen LogP contribution >= 0.6 is 0 Å². The van der Waals surface area contributed by atoms with Gasteiger partial charge in [0.1, 0.15) is 0 Å². The summed E-state index contributed by atoms with van der Waals surface area (Å²) in [5.41, 5.74) is 3.58. The highest BCUT2D eigenvalue weighted by molar-refractivity contribution is 5.62. The van der Waals surface area contributed by atoms with Gasteiger partial charge in [0.15, 0.2) is 11.5 Å². The van der Waals surface area contributed by atoms with Crippen molar-refractivity contribution in [3.63, 3.8) is 0 Å². The lowest BCUT2D eigenvalue weighted by molar-refractivity contribution is -0.384. The molecule has 0 unspecified atom stereocenters. The molecule has 2 aliphatic carbocycles. The van der Waals surface area contributed by atoms with E-state index in [0.29, 0.717) is 23.7 Å². The smallest absolute Gasteiger partial charge is 0.269 e. The van der Waals surface area contributed by atoms with Gasteiger partial charge in [-0.25, -0.2) is 0 Å². The van der Waals surface area contributed by atoms with Crippen LogP contribution in [0.1, 0.15) is 42.3 Å². The Morgan fingerprint density at radius 1 is 1.04 bits per heavy atom. The van der Waals surface area contributed by atoms with E-state index in [1.54, 1.807) is 12.1 Å². The molecule has 0 aromatic heterocycles. The summed E-state index contributed by atoms with van der Waals surface area (Å²) in [4.78, 5) is 11.0. The Kier molecular flexibility index (Phi) is 3.05. The van der Waals surface area contributed by atoms with E-state index in [0.717, 1.165) is 22.7 Å². The second kappa shape index (κ2) is 5.38. The average Bonchev–Trinajstić information content (AvgIpc) is 3.42. The van der Waals surface area contributed by atoms with Crippen molar-refractivity contribution in [1.82, 2.24) is 0 Å². The van der Waals surface area contributed by atoms with Crippen molar-refractivity contribution in [3.05, 3.63) is 57.6 Å². The number of nitro benzene ring substituents is 1. The van der Waals surface area contributed by atoms with E-state index in [9.17, 15) is 10.1 Å². The van der Waals surface area contributed by atoms with Gasteiger partial charge in [0.05, 0.1) is 11.0 Å². The quantitative estimate of drug-likeness (QED) is 0.622. The first-order chi connectivity index (χ1) is 13.2. The van der Waals surface area contributed by atoms with Crippen LogP contribution in [0.25, 0.3) is 0 Å². The minimum Gasteiger partial charge on any atom is -0.454 e. The van der Waals surface area contributed by atoms with Gasteiger partial charge < -0.3 is 14.8 Å². The lowest BCUT2D eigenvalue weighted by atomic mass is 9.68. The summed E-state index contributed by atoms with van der Waals surface area (Å²) < 4.78 is 11.1. The molecule has 2 heterocycles. The van der Waals surface area contributed by atoms with E-state index in [4.69, 9.17) is 9.47 Å². The normalized spacial score (nSPS) is 31.9. The summed E-state index contributed by atoms with van der Waals surface area (Å²) in [5.74, 6) is 3.79. The third kappa shape index (κ3) is 2.13. The van der Waals surface area contributed by atoms with Crippen LogP contribution in [0, 0.1) is 27.9 Å². The van der Waals surface area contributed by atoms with Gasteiger partial charge in [-0.2, -0.15) is 0 Å². The van der Waals surface area contributed by atoms with E-state index in [1.807, 2.05) is 12.1 Å². The zero-order valence-corrected chi connectivity index (χ0v) is 14.8. The Bertz CT molecular complexity index is 959. The topological polar surface area (TPSA) is 73.6 Å². The molecule has 138 valence electrons. The van der Waals surface area contributed by atoms with E-state index in [-0.39, 0.29) is 23.4 Å². The molecule has 2 aromatic carbocycles. The number of nitro groups is 1. The predicted molar refractivity (Wildman–Crippen MR) is 99.1 cm³/mol. The van der Waals surface area contributed by atoms with Crippen LogP contribution < -0.4 is 14.8 Å². The summed E-state index contributed by atoms with van der Waals surface area (Å²) >= 11 is 0. The Labute approximate surface area is 156 Å². The highest BCUT2D eigenvalue weighted by Crippen LogP contribution is 2.64. The second-order valence-electron chi connectivity index (χ2n) is 8.20. The Morgan fingerprint density at radius 2 is 1.89 bits per heavy atom. The summed E-state index contributed by atoms with van der Waals surface area (Å²) in [6, 6.07) is 11.7. The molecule has 6 rings (SSSR count). The molecule has 27 heavy (non-hydrogen) atoms. The minimum atomic E-state index is -0.285. The number of ether oxygens (including phenoxy) is 2. The lowest BCUT2D eigenvalue weighted by Crippen LogP contribution is -2.35. The van der Waals surface area contributed by atoms with Gasteiger partial charge in [-0.05, 0) is 72.3 Å². The van der Waals surface area contributed by atoms with Gasteiger partial charge in [-0.15, -0.1) is 0 Å². The Balaban J connectivity index is 1.46. The number of nitrogens with zero attached hydrogens (tertiary/aromatic N) is 1. The first kappa shape index (κ1) is 15.3. The molecule has 2 saturated carbocycles. The zero-order valence-electron chi connectivity index (χ0n) is 14.8. The molecule has 0 amide bonds. The molecule has 2 fully saturated rings. The summed E-state index contributed by atoms with van der Waals surface area (Å²) in [5, 5.41) is 15.0. The van der Waals surface area contributed by atoms with Crippen molar-refractivity contribution in [3.8, 4) is 11.5 Å². The monoisotopic (exact) mass is 364 g/mol. The van der Waals surface area contributed by atoms with Crippen molar-refractivity contribution < 1.29 is 14.4 Å². The van der Waals surface area contributed by atoms with E-state index >= 15 is 0 Å². The molecule has 2 bridgehead atoms. The van der Waals surface area contributed by atoms with E-state index in [2.05, 4.69) is 17.4 Å². The highest BCUT2D eigenvalue weighted by Gasteiger charge is 2.54. The van der Waals surface area contributed by atoms with Crippen molar-refractivity contribution in [2.75, 3.05) is 12.1 Å². The maximum Gasteiger partial charge on any atom is 0.269 e. The fourth-order valence-electron chi connectivity index (χ4n) is 6.02. The van der Waals surface area contributed by atoms with Crippen LogP contribution in [0.4, 0.5) is 11.4 Å². The van der Waals surface area contributed by atoms with Crippen LogP contribution in [-0.2, 0) is 0 Å². The third-order valence-corrected chi connectivity index (χ3v) is 7.04. The molecule has 0 saturated heterocycles. The lowest BCUT2D eigenvalue weighted by Gasteiger charge is -2.43.